The summed E-state index contributed by atoms with van der Waals surface area (Å²) in [6, 6.07) is 16.4. The Kier molecular flexibility index (Phi) is 4.98. The second-order valence-corrected chi connectivity index (χ2v) is 8.26. The molecule has 0 radical (unpaired) electrons. The third-order valence-electron chi connectivity index (χ3n) is 6.28. The number of amides is 1. The largest absolute Gasteiger partial charge is 0.497 e. The van der Waals surface area contributed by atoms with Gasteiger partial charge in [-0.1, -0.05) is 30.3 Å². The number of methoxy groups -OCH3 is 1. The molecule has 5 rings (SSSR count). The van der Waals surface area contributed by atoms with Crippen LogP contribution in [0.15, 0.2) is 67.1 Å². The van der Waals surface area contributed by atoms with Crippen molar-refractivity contribution in [3.05, 3.63) is 83.8 Å². The van der Waals surface area contributed by atoms with Crippen LogP contribution in [0.2, 0.25) is 0 Å². The van der Waals surface area contributed by atoms with Crippen molar-refractivity contribution in [1.29, 1.82) is 0 Å². The standard InChI is InChI=1S/C25H26N4O2/c1-29-15-17(12-28-29)20-11-21(20)25(30)27-13-22(16-7-9-18(31-2)10-8-16)23-14-26-24-6-4-3-5-19(23)24/h3-10,12,14-15,20-22,26H,11,13H2,1-2H3,(H,27,30)/t20-,21-,22+/m1/s1. The van der Waals surface area contributed by atoms with E-state index in [9.17, 15) is 4.79 Å². The van der Waals surface area contributed by atoms with Gasteiger partial charge in [0, 0.05) is 48.7 Å². The van der Waals surface area contributed by atoms with E-state index >= 15 is 0 Å². The molecule has 0 saturated heterocycles. The minimum atomic E-state index is 0.0312. The molecule has 1 aliphatic carbocycles. The predicted molar refractivity (Wildman–Crippen MR) is 120 cm³/mol. The predicted octanol–water partition coefficient (Wildman–Crippen LogP) is 3.96. The lowest BCUT2D eigenvalue weighted by Gasteiger charge is -2.19. The number of carbonyl (C=O) groups is 1. The van der Waals surface area contributed by atoms with Crippen molar-refractivity contribution in [2.75, 3.05) is 13.7 Å². The molecule has 2 N–H and O–H groups in total. The van der Waals surface area contributed by atoms with E-state index in [1.807, 2.05) is 43.7 Å². The summed E-state index contributed by atoms with van der Waals surface area (Å²) in [5, 5.41) is 8.63. The Morgan fingerprint density at radius 1 is 1.26 bits per heavy atom. The molecule has 2 aromatic heterocycles. The highest BCUT2D eigenvalue weighted by Crippen LogP contribution is 2.47. The molecule has 0 spiro atoms. The first-order valence-corrected chi connectivity index (χ1v) is 10.6. The minimum Gasteiger partial charge on any atom is -0.497 e. The molecular formula is C25H26N4O2. The van der Waals surface area contributed by atoms with E-state index < -0.39 is 0 Å². The van der Waals surface area contributed by atoms with E-state index in [2.05, 4.69) is 45.9 Å². The van der Waals surface area contributed by atoms with Crippen LogP contribution in [0.25, 0.3) is 10.9 Å². The molecule has 1 aliphatic rings. The van der Waals surface area contributed by atoms with Gasteiger partial charge in [0.25, 0.3) is 0 Å². The van der Waals surface area contributed by atoms with Gasteiger partial charge in [0.1, 0.15) is 5.75 Å². The van der Waals surface area contributed by atoms with E-state index in [1.54, 1.807) is 11.8 Å². The zero-order valence-corrected chi connectivity index (χ0v) is 17.7. The third kappa shape index (κ3) is 3.81. The number of aryl methyl sites for hydroxylation is 1. The van der Waals surface area contributed by atoms with Gasteiger partial charge < -0.3 is 15.0 Å². The number of ether oxygens (including phenoxy) is 1. The first-order valence-electron chi connectivity index (χ1n) is 10.6. The van der Waals surface area contributed by atoms with Crippen LogP contribution in [0.5, 0.6) is 5.75 Å². The summed E-state index contributed by atoms with van der Waals surface area (Å²) in [7, 11) is 3.57. The van der Waals surface area contributed by atoms with Crippen molar-refractivity contribution >= 4 is 16.8 Å². The van der Waals surface area contributed by atoms with E-state index in [0.717, 1.165) is 28.8 Å². The molecule has 31 heavy (non-hydrogen) atoms. The zero-order valence-electron chi connectivity index (χ0n) is 17.7. The smallest absolute Gasteiger partial charge is 0.223 e. The number of nitrogens with one attached hydrogen (secondary N) is 2. The molecule has 1 amide bonds. The summed E-state index contributed by atoms with van der Waals surface area (Å²) in [5.74, 6) is 1.29. The Balaban J connectivity index is 1.36. The number of carbonyl (C=O) groups excluding carboxylic acids is 1. The highest BCUT2D eigenvalue weighted by molar-refractivity contribution is 5.85. The Bertz CT molecular complexity index is 1210. The van der Waals surface area contributed by atoms with E-state index in [4.69, 9.17) is 4.74 Å². The van der Waals surface area contributed by atoms with Gasteiger partial charge in [-0.25, -0.2) is 0 Å². The molecule has 3 atom stereocenters. The fraction of sp³-hybridized carbons (Fsp3) is 0.280. The average Bonchev–Trinajstić information content (AvgIpc) is 3.31. The number of hydrogen-bond donors (Lipinski definition) is 2. The highest BCUT2D eigenvalue weighted by atomic mass is 16.5. The van der Waals surface area contributed by atoms with Crippen LogP contribution in [0.3, 0.4) is 0 Å². The van der Waals surface area contributed by atoms with E-state index in [0.29, 0.717) is 6.54 Å². The SMILES string of the molecule is COc1ccc([C@H](CNC(=O)[C@@H]2C[C@@H]2c2cnn(C)c2)c2c[nH]c3ccccc23)cc1. The topological polar surface area (TPSA) is 71.9 Å². The number of aromatic nitrogens is 3. The Morgan fingerprint density at radius 3 is 2.81 bits per heavy atom. The monoisotopic (exact) mass is 414 g/mol. The highest BCUT2D eigenvalue weighted by Gasteiger charge is 2.44. The van der Waals surface area contributed by atoms with Gasteiger partial charge in [-0.05, 0) is 47.2 Å². The first-order chi connectivity index (χ1) is 15.1. The third-order valence-corrected chi connectivity index (χ3v) is 6.28. The number of para-hydroxylation sites is 1. The minimum absolute atomic E-state index is 0.0312. The van der Waals surface area contributed by atoms with Gasteiger partial charge in [-0.3, -0.25) is 9.48 Å². The fourth-order valence-electron chi connectivity index (χ4n) is 4.44. The van der Waals surface area contributed by atoms with Crippen molar-refractivity contribution in [2.45, 2.75) is 18.3 Å². The molecule has 2 aromatic carbocycles. The quantitative estimate of drug-likeness (QED) is 0.481. The van der Waals surface area contributed by atoms with Crippen molar-refractivity contribution in [2.24, 2.45) is 13.0 Å². The summed E-state index contributed by atoms with van der Waals surface area (Å²) < 4.78 is 7.11. The number of fused-ring (bicyclic) bond motifs is 1. The van der Waals surface area contributed by atoms with Crippen molar-refractivity contribution < 1.29 is 9.53 Å². The molecule has 4 aromatic rings. The van der Waals surface area contributed by atoms with Gasteiger partial charge in [0.05, 0.1) is 13.3 Å². The van der Waals surface area contributed by atoms with Gasteiger partial charge in [-0.2, -0.15) is 5.10 Å². The zero-order chi connectivity index (χ0) is 21.4. The van der Waals surface area contributed by atoms with Gasteiger partial charge in [-0.15, -0.1) is 0 Å². The maximum atomic E-state index is 12.9. The van der Waals surface area contributed by atoms with Crippen LogP contribution >= 0.6 is 0 Å². The van der Waals surface area contributed by atoms with Crippen molar-refractivity contribution in [3.8, 4) is 5.75 Å². The molecule has 0 bridgehead atoms. The Morgan fingerprint density at radius 2 is 2.06 bits per heavy atom. The summed E-state index contributed by atoms with van der Waals surface area (Å²) in [4.78, 5) is 16.3. The van der Waals surface area contributed by atoms with Crippen LogP contribution in [0, 0.1) is 5.92 Å². The van der Waals surface area contributed by atoms with Crippen LogP contribution in [-0.4, -0.2) is 34.3 Å². The number of nitrogens with zero attached hydrogens (tertiary/aromatic N) is 2. The second-order valence-electron chi connectivity index (χ2n) is 8.26. The lowest BCUT2D eigenvalue weighted by Crippen LogP contribution is -2.30. The molecule has 158 valence electrons. The lowest BCUT2D eigenvalue weighted by molar-refractivity contribution is -0.122. The molecule has 0 unspecified atom stereocenters. The van der Waals surface area contributed by atoms with Crippen LogP contribution < -0.4 is 10.1 Å². The van der Waals surface area contributed by atoms with Crippen molar-refractivity contribution in [1.82, 2.24) is 20.1 Å². The van der Waals surface area contributed by atoms with Gasteiger partial charge >= 0.3 is 0 Å². The molecule has 2 heterocycles. The first kappa shape index (κ1) is 19.4. The van der Waals surface area contributed by atoms with Crippen LogP contribution in [-0.2, 0) is 11.8 Å². The van der Waals surface area contributed by atoms with Crippen molar-refractivity contribution in [3.63, 3.8) is 0 Å². The van der Waals surface area contributed by atoms with E-state index in [1.165, 1.54) is 10.9 Å². The summed E-state index contributed by atoms with van der Waals surface area (Å²) in [5.41, 5.74) is 4.57. The number of rotatable bonds is 7. The Labute approximate surface area is 181 Å². The van der Waals surface area contributed by atoms with Gasteiger partial charge in [0.2, 0.25) is 5.91 Å². The number of aromatic amines is 1. The summed E-state index contributed by atoms with van der Waals surface area (Å²) in [6.07, 6.45) is 6.81. The number of hydrogen-bond acceptors (Lipinski definition) is 3. The lowest BCUT2D eigenvalue weighted by atomic mass is 9.90. The summed E-state index contributed by atoms with van der Waals surface area (Å²) in [6.45, 7) is 0.545. The molecular weight excluding hydrogens is 388 g/mol. The molecule has 1 saturated carbocycles. The fourth-order valence-corrected chi connectivity index (χ4v) is 4.44. The molecule has 6 nitrogen and oxygen atoms in total. The molecule has 1 fully saturated rings. The Hall–Kier alpha value is -3.54. The molecule has 0 aliphatic heterocycles. The maximum absolute atomic E-state index is 12.9. The molecule has 6 heteroatoms. The maximum Gasteiger partial charge on any atom is 0.223 e. The number of benzene rings is 2. The second kappa shape index (κ2) is 7.95. The van der Waals surface area contributed by atoms with E-state index in [-0.39, 0.29) is 23.7 Å². The average molecular weight is 415 g/mol. The van der Waals surface area contributed by atoms with Crippen LogP contribution in [0.1, 0.15) is 34.9 Å². The van der Waals surface area contributed by atoms with Crippen LogP contribution in [0.4, 0.5) is 0 Å². The normalized spacial score (nSPS) is 18.6. The van der Waals surface area contributed by atoms with Gasteiger partial charge in [0.15, 0.2) is 0 Å². The number of H-pyrrole nitrogens is 1. The summed E-state index contributed by atoms with van der Waals surface area (Å²) >= 11 is 0.